The summed E-state index contributed by atoms with van der Waals surface area (Å²) in [5, 5.41) is 4.26. The number of nitrogens with one attached hydrogen (secondary N) is 2. The lowest BCUT2D eigenvalue weighted by atomic mass is 10.1. The molecule has 0 aliphatic carbocycles. The van der Waals surface area contributed by atoms with Crippen LogP contribution in [0.4, 0.5) is 13.2 Å². The Labute approximate surface area is 132 Å². The number of para-hydroxylation sites is 1. The number of aromatic nitrogens is 1. The van der Waals surface area contributed by atoms with E-state index in [0.29, 0.717) is 6.54 Å². The molecular formula is C18H17F3N2. The maximum atomic E-state index is 12.9. The van der Waals surface area contributed by atoms with Crippen molar-refractivity contribution >= 4 is 10.9 Å². The van der Waals surface area contributed by atoms with Gasteiger partial charge in [-0.15, -0.1) is 0 Å². The van der Waals surface area contributed by atoms with Gasteiger partial charge in [0.2, 0.25) is 0 Å². The zero-order valence-corrected chi connectivity index (χ0v) is 12.5. The molecule has 120 valence electrons. The number of H-pyrrole nitrogens is 1. The maximum Gasteiger partial charge on any atom is 0.416 e. The lowest BCUT2D eigenvalue weighted by molar-refractivity contribution is -0.138. The third kappa shape index (κ3) is 3.56. The molecule has 0 aliphatic heterocycles. The number of hydrogen-bond donors (Lipinski definition) is 2. The van der Waals surface area contributed by atoms with Gasteiger partial charge < -0.3 is 10.3 Å². The second kappa shape index (κ2) is 6.46. The fraction of sp³-hybridized carbons (Fsp3) is 0.222. The summed E-state index contributed by atoms with van der Waals surface area (Å²) in [6.45, 7) is 0.825. The molecule has 2 N–H and O–H groups in total. The Morgan fingerprint density at radius 3 is 2.48 bits per heavy atom. The number of rotatable bonds is 5. The van der Waals surface area contributed by atoms with Crippen LogP contribution in [0.2, 0.25) is 0 Å². The van der Waals surface area contributed by atoms with E-state index in [1.165, 1.54) is 12.1 Å². The van der Waals surface area contributed by atoms with Gasteiger partial charge in [-0.3, -0.25) is 0 Å². The minimum atomic E-state index is -4.31. The summed E-state index contributed by atoms with van der Waals surface area (Å²) in [5.41, 5.74) is 1.95. The van der Waals surface area contributed by atoms with Gasteiger partial charge in [-0.05, 0) is 36.2 Å². The predicted molar refractivity (Wildman–Crippen MR) is 85.2 cm³/mol. The van der Waals surface area contributed by atoms with Crippen LogP contribution in [0, 0.1) is 0 Å². The SMILES string of the molecule is FC(F)(F)c1ccccc1CNCCc1c[nH]c2ccccc12. The van der Waals surface area contributed by atoms with Crippen LogP contribution in [0.3, 0.4) is 0 Å². The molecule has 0 fully saturated rings. The molecule has 0 spiro atoms. The third-order valence-corrected chi connectivity index (χ3v) is 3.88. The summed E-state index contributed by atoms with van der Waals surface area (Å²) in [6, 6.07) is 13.7. The zero-order chi connectivity index (χ0) is 16.3. The second-order valence-corrected chi connectivity index (χ2v) is 5.44. The largest absolute Gasteiger partial charge is 0.416 e. The van der Waals surface area contributed by atoms with Crippen molar-refractivity contribution in [1.29, 1.82) is 0 Å². The van der Waals surface area contributed by atoms with Crippen molar-refractivity contribution in [3.05, 3.63) is 71.4 Å². The number of benzene rings is 2. The lowest BCUT2D eigenvalue weighted by Crippen LogP contribution is -2.19. The van der Waals surface area contributed by atoms with Gasteiger partial charge in [0, 0.05) is 23.6 Å². The van der Waals surface area contributed by atoms with Gasteiger partial charge in [0.15, 0.2) is 0 Å². The average Bonchev–Trinajstić information content (AvgIpc) is 2.94. The third-order valence-electron chi connectivity index (χ3n) is 3.88. The van der Waals surface area contributed by atoms with E-state index < -0.39 is 11.7 Å². The molecule has 2 nitrogen and oxygen atoms in total. The minimum Gasteiger partial charge on any atom is -0.361 e. The first-order chi connectivity index (χ1) is 11.1. The Bertz CT molecular complexity index is 790. The number of aromatic amines is 1. The Morgan fingerprint density at radius 2 is 1.65 bits per heavy atom. The first kappa shape index (κ1) is 15.6. The Morgan fingerprint density at radius 1 is 0.913 bits per heavy atom. The van der Waals surface area contributed by atoms with Crippen molar-refractivity contribution in [2.75, 3.05) is 6.54 Å². The van der Waals surface area contributed by atoms with Crippen LogP contribution in [-0.2, 0) is 19.1 Å². The molecule has 0 bridgehead atoms. The highest BCUT2D eigenvalue weighted by atomic mass is 19.4. The van der Waals surface area contributed by atoms with Crippen LogP contribution in [-0.4, -0.2) is 11.5 Å². The first-order valence-corrected chi connectivity index (χ1v) is 7.46. The van der Waals surface area contributed by atoms with Crippen LogP contribution in [0.5, 0.6) is 0 Å². The summed E-state index contributed by atoms with van der Waals surface area (Å²) >= 11 is 0. The van der Waals surface area contributed by atoms with Crippen LogP contribution >= 0.6 is 0 Å². The fourth-order valence-electron chi connectivity index (χ4n) is 2.74. The highest BCUT2D eigenvalue weighted by Gasteiger charge is 2.32. The number of fused-ring (bicyclic) bond motifs is 1. The van der Waals surface area contributed by atoms with Gasteiger partial charge in [0.1, 0.15) is 0 Å². The fourth-order valence-corrected chi connectivity index (χ4v) is 2.74. The summed E-state index contributed by atoms with van der Waals surface area (Å²) in [5.74, 6) is 0. The van der Waals surface area contributed by atoms with Crippen LogP contribution in [0.1, 0.15) is 16.7 Å². The van der Waals surface area contributed by atoms with Gasteiger partial charge in [0.05, 0.1) is 5.56 Å². The Kier molecular flexibility index (Phi) is 4.39. The smallest absolute Gasteiger partial charge is 0.361 e. The second-order valence-electron chi connectivity index (χ2n) is 5.44. The molecule has 1 heterocycles. The van der Waals surface area contributed by atoms with E-state index in [1.807, 2.05) is 30.5 Å². The Hall–Kier alpha value is -2.27. The monoisotopic (exact) mass is 318 g/mol. The van der Waals surface area contributed by atoms with Crippen molar-refractivity contribution in [3.63, 3.8) is 0 Å². The van der Waals surface area contributed by atoms with Gasteiger partial charge in [0.25, 0.3) is 0 Å². The van der Waals surface area contributed by atoms with E-state index in [9.17, 15) is 13.2 Å². The zero-order valence-electron chi connectivity index (χ0n) is 12.5. The molecule has 23 heavy (non-hydrogen) atoms. The van der Waals surface area contributed by atoms with Crippen molar-refractivity contribution in [2.24, 2.45) is 0 Å². The van der Waals surface area contributed by atoms with E-state index in [0.717, 1.165) is 29.0 Å². The summed E-state index contributed by atoms with van der Waals surface area (Å²) < 4.78 is 38.8. The lowest BCUT2D eigenvalue weighted by Gasteiger charge is -2.13. The predicted octanol–water partition coefficient (Wildman–Crippen LogP) is 4.52. The first-order valence-electron chi connectivity index (χ1n) is 7.46. The normalized spacial score (nSPS) is 12.0. The molecule has 3 rings (SSSR count). The van der Waals surface area contributed by atoms with Crippen LogP contribution in [0.25, 0.3) is 10.9 Å². The van der Waals surface area contributed by atoms with Crippen molar-refractivity contribution in [3.8, 4) is 0 Å². The van der Waals surface area contributed by atoms with E-state index in [2.05, 4.69) is 10.3 Å². The van der Waals surface area contributed by atoms with Gasteiger partial charge in [-0.1, -0.05) is 36.4 Å². The van der Waals surface area contributed by atoms with Gasteiger partial charge >= 0.3 is 6.18 Å². The molecule has 5 heteroatoms. The summed E-state index contributed by atoms with van der Waals surface area (Å²) in [6.07, 6.45) is -1.59. The maximum absolute atomic E-state index is 12.9. The molecule has 3 aromatic rings. The van der Waals surface area contributed by atoms with E-state index in [4.69, 9.17) is 0 Å². The number of alkyl halides is 3. The molecule has 0 amide bonds. The standard InChI is InChI=1S/C18H17F3N2/c19-18(20,21)16-7-3-1-5-14(16)11-22-10-9-13-12-23-17-8-4-2-6-15(13)17/h1-8,12,22-23H,9-11H2. The van der Waals surface area contributed by atoms with Crippen LogP contribution in [0.15, 0.2) is 54.7 Å². The summed E-state index contributed by atoms with van der Waals surface area (Å²) in [7, 11) is 0. The number of hydrogen-bond acceptors (Lipinski definition) is 1. The van der Waals surface area contributed by atoms with Crippen molar-refractivity contribution < 1.29 is 13.2 Å². The molecule has 0 aliphatic rings. The van der Waals surface area contributed by atoms with Crippen molar-refractivity contribution in [2.45, 2.75) is 19.1 Å². The topological polar surface area (TPSA) is 27.8 Å². The number of halogens is 3. The molecular weight excluding hydrogens is 301 g/mol. The highest BCUT2D eigenvalue weighted by molar-refractivity contribution is 5.83. The van der Waals surface area contributed by atoms with Crippen LogP contribution < -0.4 is 5.32 Å². The van der Waals surface area contributed by atoms with E-state index in [1.54, 1.807) is 6.07 Å². The van der Waals surface area contributed by atoms with E-state index in [-0.39, 0.29) is 12.1 Å². The summed E-state index contributed by atoms with van der Waals surface area (Å²) in [4.78, 5) is 3.20. The Balaban J connectivity index is 1.60. The highest BCUT2D eigenvalue weighted by Crippen LogP contribution is 2.31. The quantitative estimate of drug-likeness (QED) is 0.665. The molecule has 0 saturated heterocycles. The molecule has 1 aromatic heterocycles. The molecule has 2 aromatic carbocycles. The molecule has 0 unspecified atom stereocenters. The average molecular weight is 318 g/mol. The van der Waals surface area contributed by atoms with Gasteiger partial charge in [-0.25, -0.2) is 0 Å². The molecule has 0 atom stereocenters. The van der Waals surface area contributed by atoms with E-state index >= 15 is 0 Å². The van der Waals surface area contributed by atoms with Crippen molar-refractivity contribution in [1.82, 2.24) is 10.3 Å². The molecule has 0 radical (unpaired) electrons. The minimum absolute atomic E-state index is 0.206. The molecule has 0 saturated carbocycles. The van der Waals surface area contributed by atoms with Gasteiger partial charge in [-0.2, -0.15) is 13.2 Å².